The van der Waals surface area contributed by atoms with Crippen molar-refractivity contribution in [2.24, 2.45) is 0 Å². The number of hydrogen-bond acceptors (Lipinski definition) is 3. The monoisotopic (exact) mass is 163 g/mol. The van der Waals surface area contributed by atoms with Gasteiger partial charge in [-0.25, -0.2) is 9.78 Å². The highest BCUT2D eigenvalue weighted by Crippen LogP contribution is 2.16. The molecule has 0 unspecified atom stereocenters. The van der Waals surface area contributed by atoms with Gasteiger partial charge in [-0.05, 0) is 12.1 Å². The predicted molar refractivity (Wildman–Crippen MR) is 41.0 cm³/mol. The molecule has 1 heterocycles. The van der Waals surface area contributed by atoms with E-state index < -0.39 is 5.97 Å². The second-order valence-corrected chi connectivity index (χ2v) is 2.31. The maximum absolute atomic E-state index is 10.6. The van der Waals surface area contributed by atoms with Crippen molar-refractivity contribution in [3.63, 3.8) is 0 Å². The first-order chi connectivity index (χ1) is 5.79. The number of carbonyl (C=O) groups is 1. The first kappa shape index (κ1) is 6.84. The lowest BCUT2D eigenvalue weighted by molar-refractivity contribution is 0.0699. The molecule has 0 radical (unpaired) electrons. The van der Waals surface area contributed by atoms with Crippen LogP contribution in [0.3, 0.4) is 0 Å². The number of carboxylic acid groups (broad SMARTS) is 1. The average Bonchev–Trinajstić information content (AvgIpc) is 2.49. The molecule has 12 heavy (non-hydrogen) atoms. The summed E-state index contributed by atoms with van der Waals surface area (Å²) in [7, 11) is 0. The highest BCUT2D eigenvalue weighted by Gasteiger charge is 2.09. The fourth-order valence-electron chi connectivity index (χ4n) is 1.06. The van der Waals surface area contributed by atoms with Crippen LogP contribution in [0.2, 0.25) is 0 Å². The standard InChI is InChI=1S/C8H5NO3/c10-8(11)5-2-1-3-6-7(5)9-4-12-6/h1-4H,(H,10,11). The van der Waals surface area contributed by atoms with E-state index in [-0.39, 0.29) is 5.56 Å². The molecule has 2 aromatic rings. The lowest BCUT2D eigenvalue weighted by atomic mass is 10.2. The number of rotatable bonds is 1. The molecule has 1 N–H and O–H groups in total. The van der Waals surface area contributed by atoms with Crippen molar-refractivity contribution >= 4 is 17.1 Å². The smallest absolute Gasteiger partial charge is 0.338 e. The van der Waals surface area contributed by atoms with Crippen LogP contribution in [-0.2, 0) is 0 Å². The summed E-state index contributed by atoms with van der Waals surface area (Å²) in [5.74, 6) is -0.991. The Morgan fingerprint density at radius 2 is 2.33 bits per heavy atom. The van der Waals surface area contributed by atoms with E-state index in [1.807, 2.05) is 0 Å². The fourth-order valence-corrected chi connectivity index (χ4v) is 1.06. The highest BCUT2D eigenvalue weighted by molar-refractivity contribution is 6.00. The van der Waals surface area contributed by atoms with Crippen molar-refractivity contribution in [3.05, 3.63) is 30.2 Å². The van der Waals surface area contributed by atoms with Gasteiger partial charge in [0.15, 0.2) is 12.0 Å². The summed E-state index contributed by atoms with van der Waals surface area (Å²) in [6.07, 6.45) is 1.23. The van der Waals surface area contributed by atoms with Crippen LogP contribution in [0, 0.1) is 0 Å². The van der Waals surface area contributed by atoms with Crippen LogP contribution in [0.5, 0.6) is 0 Å². The van der Waals surface area contributed by atoms with Crippen molar-refractivity contribution in [1.29, 1.82) is 0 Å². The Hall–Kier alpha value is -1.84. The Morgan fingerprint density at radius 3 is 3.08 bits per heavy atom. The molecule has 0 amide bonds. The van der Waals surface area contributed by atoms with Crippen molar-refractivity contribution in [3.8, 4) is 0 Å². The molecule has 0 bridgehead atoms. The minimum absolute atomic E-state index is 0.168. The van der Waals surface area contributed by atoms with E-state index in [0.29, 0.717) is 11.1 Å². The summed E-state index contributed by atoms with van der Waals surface area (Å²) in [5.41, 5.74) is 1.06. The van der Waals surface area contributed by atoms with Gasteiger partial charge < -0.3 is 9.52 Å². The van der Waals surface area contributed by atoms with Crippen LogP contribution in [0.15, 0.2) is 29.0 Å². The zero-order valence-corrected chi connectivity index (χ0v) is 6.02. The summed E-state index contributed by atoms with van der Waals surface area (Å²) in [5, 5.41) is 8.72. The SMILES string of the molecule is O=C(O)c1cccc2ocnc12. The number of carboxylic acids is 1. The first-order valence-electron chi connectivity index (χ1n) is 3.34. The van der Waals surface area contributed by atoms with Gasteiger partial charge in [0.2, 0.25) is 0 Å². The molecule has 0 spiro atoms. The number of hydrogen-bond donors (Lipinski definition) is 1. The number of nitrogens with zero attached hydrogens (tertiary/aromatic N) is 1. The Kier molecular flexibility index (Phi) is 1.33. The number of para-hydroxylation sites is 1. The maximum Gasteiger partial charge on any atom is 0.338 e. The van der Waals surface area contributed by atoms with Crippen molar-refractivity contribution in [2.45, 2.75) is 0 Å². The van der Waals surface area contributed by atoms with Crippen LogP contribution in [0.4, 0.5) is 0 Å². The molecule has 0 saturated carbocycles. The Labute approximate surface area is 67.4 Å². The molecule has 2 rings (SSSR count). The van der Waals surface area contributed by atoms with Gasteiger partial charge in [-0.15, -0.1) is 0 Å². The Morgan fingerprint density at radius 1 is 1.50 bits per heavy atom. The molecule has 0 saturated heterocycles. The predicted octanol–water partition coefficient (Wildman–Crippen LogP) is 1.53. The van der Waals surface area contributed by atoms with Crippen LogP contribution < -0.4 is 0 Å². The number of aromatic carboxylic acids is 1. The van der Waals surface area contributed by atoms with E-state index in [9.17, 15) is 4.79 Å². The van der Waals surface area contributed by atoms with Gasteiger partial charge >= 0.3 is 5.97 Å². The average molecular weight is 163 g/mol. The third kappa shape index (κ3) is 0.852. The van der Waals surface area contributed by atoms with Gasteiger partial charge in [-0.3, -0.25) is 0 Å². The summed E-state index contributed by atoms with van der Waals surface area (Å²) in [4.78, 5) is 14.4. The summed E-state index contributed by atoms with van der Waals surface area (Å²) < 4.78 is 4.93. The van der Waals surface area contributed by atoms with E-state index >= 15 is 0 Å². The normalized spacial score (nSPS) is 10.3. The van der Waals surface area contributed by atoms with Crippen LogP contribution in [0.1, 0.15) is 10.4 Å². The molecule has 0 aliphatic heterocycles. The van der Waals surface area contributed by atoms with E-state index in [0.717, 1.165) is 0 Å². The number of benzene rings is 1. The van der Waals surface area contributed by atoms with Crippen molar-refractivity contribution < 1.29 is 14.3 Å². The number of aromatic nitrogens is 1. The second-order valence-electron chi connectivity index (χ2n) is 2.31. The fraction of sp³-hybridized carbons (Fsp3) is 0. The molecule has 1 aromatic heterocycles. The quantitative estimate of drug-likeness (QED) is 0.692. The van der Waals surface area contributed by atoms with E-state index in [4.69, 9.17) is 9.52 Å². The zero-order valence-electron chi connectivity index (χ0n) is 6.02. The summed E-state index contributed by atoms with van der Waals surface area (Å²) in [6.45, 7) is 0. The first-order valence-corrected chi connectivity index (χ1v) is 3.34. The van der Waals surface area contributed by atoms with Crippen LogP contribution in [0.25, 0.3) is 11.1 Å². The minimum Gasteiger partial charge on any atom is -0.478 e. The lowest BCUT2D eigenvalue weighted by Crippen LogP contribution is -1.96. The molecule has 0 fully saturated rings. The molecule has 0 atom stereocenters. The third-order valence-electron chi connectivity index (χ3n) is 1.59. The maximum atomic E-state index is 10.6. The van der Waals surface area contributed by atoms with E-state index in [1.54, 1.807) is 12.1 Å². The van der Waals surface area contributed by atoms with Gasteiger partial charge in [0, 0.05) is 0 Å². The molecule has 1 aromatic carbocycles. The molecule has 60 valence electrons. The Balaban J connectivity index is 2.82. The molecule has 4 nitrogen and oxygen atoms in total. The summed E-state index contributed by atoms with van der Waals surface area (Å²) in [6, 6.07) is 4.79. The largest absolute Gasteiger partial charge is 0.478 e. The van der Waals surface area contributed by atoms with Crippen molar-refractivity contribution in [2.75, 3.05) is 0 Å². The zero-order chi connectivity index (χ0) is 8.55. The van der Waals surface area contributed by atoms with Gasteiger partial charge in [-0.1, -0.05) is 6.07 Å². The topological polar surface area (TPSA) is 63.3 Å². The van der Waals surface area contributed by atoms with Crippen LogP contribution >= 0.6 is 0 Å². The number of oxazole rings is 1. The second kappa shape index (κ2) is 2.34. The minimum atomic E-state index is -0.991. The van der Waals surface area contributed by atoms with Crippen molar-refractivity contribution in [1.82, 2.24) is 4.98 Å². The van der Waals surface area contributed by atoms with Gasteiger partial charge in [0.25, 0.3) is 0 Å². The molecule has 0 aliphatic carbocycles. The van der Waals surface area contributed by atoms with Gasteiger partial charge in [0.1, 0.15) is 5.52 Å². The summed E-state index contributed by atoms with van der Waals surface area (Å²) >= 11 is 0. The van der Waals surface area contributed by atoms with Crippen LogP contribution in [-0.4, -0.2) is 16.1 Å². The van der Waals surface area contributed by atoms with Gasteiger partial charge in [0.05, 0.1) is 5.56 Å². The molecular formula is C8H5NO3. The lowest BCUT2D eigenvalue weighted by Gasteiger charge is -1.92. The third-order valence-corrected chi connectivity index (χ3v) is 1.59. The van der Waals surface area contributed by atoms with E-state index in [2.05, 4.69) is 4.98 Å². The Bertz CT molecular complexity index is 433. The number of fused-ring (bicyclic) bond motifs is 1. The van der Waals surface area contributed by atoms with Gasteiger partial charge in [-0.2, -0.15) is 0 Å². The van der Waals surface area contributed by atoms with E-state index in [1.165, 1.54) is 12.5 Å². The molecule has 4 heteroatoms. The molecular weight excluding hydrogens is 158 g/mol. The highest BCUT2D eigenvalue weighted by atomic mass is 16.4. The molecule has 0 aliphatic rings.